The summed E-state index contributed by atoms with van der Waals surface area (Å²) in [6.07, 6.45) is 5.16. The molecule has 0 aromatic carbocycles. The number of piperidine rings is 1. The van der Waals surface area contributed by atoms with E-state index in [0.717, 1.165) is 31.5 Å². The molecular weight excluding hydrogens is 240 g/mol. The van der Waals surface area contributed by atoms with Gasteiger partial charge in [-0.25, -0.2) is 0 Å². The van der Waals surface area contributed by atoms with Crippen LogP contribution in [0.25, 0.3) is 0 Å². The molecule has 2 atom stereocenters. The summed E-state index contributed by atoms with van der Waals surface area (Å²) in [4.78, 5) is 14.1. The third-order valence-electron chi connectivity index (χ3n) is 4.19. The highest BCUT2D eigenvalue weighted by molar-refractivity contribution is 5.77. The third-order valence-corrected chi connectivity index (χ3v) is 4.19. The fraction of sp³-hybridized carbons (Fsp3) is 0.933. The molecule has 2 fully saturated rings. The monoisotopic (exact) mass is 268 g/mol. The summed E-state index contributed by atoms with van der Waals surface area (Å²) < 4.78 is 5.39. The molecule has 110 valence electrons. The Bertz CT molecular complexity index is 292. The molecule has 1 aliphatic heterocycles. The second-order valence-corrected chi connectivity index (χ2v) is 6.35. The lowest BCUT2D eigenvalue weighted by molar-refractivity contribution is -0.126. The van der Waals surface area contributed by atoms with E-state index in [9.17, 15) is 4.79 Å². The van der Waals surface area contributed by atoms with Gasteiger partial charge in [0.15, 0.2) is 0 Å². The molecule has 0 bridgehead atoms. The van der Waals surface area contributed by atoms with Gasteiger partial charge in [-0.3, -0.25) is 9.69 Å². The number of rotatable bonds is 7. The van der Waals surface area contributed by atoms with Crippen LogP contribution in [0.15, 0.2) is 0 Å². The lowest BCUT2D eigenvalue weighted by Crippen LogP contribution is -2.46. The van der Waals surface area contributed by atoms with Crippen molar-refractivity contribution in [1.82, 2.24) is 10.2 Å². The lowest BCUT2D eigenvalue weighted by Gasteiger charge is -2.35. The summed E-state index contributed by atoms with van der Waals surface area (Å²) in [5, 5.41) is 2.98. The Kier molecular flexibility index (Phi) is 5.64. The van der Waals surface area contributed by atoms with Crippen LogP contribution in [0.4, 0.5) is 0 Å². The van der Waals surface area contributed by atoms with E-state index >= 15 is 0 Å². The molecule has 4 nitrogen and oxygen atoms in total. The molecule has 0 radical (unpaired) electrons. The maximum absolute atomic E-state index is 11.6. The van der Waals surface area contributed by atoms with Gasteiger partial charge in [0.2, 0.25) is 5.91 Å². The number of likely N-dealkylation sites (tertiary alicyclic amines) is 1. The highest BCUT2D eigenvalue weighted by Crippen LogP contribution is 2.28. The average molecular weight is 268 g/mol. The highest BCUT2D eigenvalue weighted by Gasteiger charge is 2.22. The first-order valence-corrected chi connectivity index (χ1v) is 7.73. The van der Waals surface area contributed by atoms with Crippen molar-refractivity contribution >= 4 is 5.91 Å². The van der Waals surface area contributed by atoms with E-state index in [1.807, 2.05) is 0 Å². The predicted molar refractivity (Wildman–Crippen MR) is 76.0 cm³/mol. The first kappa shape index (κ1) is 14.8. The van der Waals surface area contributed by atoms with Gasteiger partial charge in [0, 0.05) is 19.1 Å². The predicted octanol–water partition coefficient (Wildman–Crippen LogP) is 1.65. The molecule has 1 aliphatic carbocycles. The molecule has 1 amide bonds. The van der Waals surface area contributed by atoms with E-state index < -0.39 is 0 Å². The van der Waals surface area contributed by atoms with Crippen molar-refractivity contribution in [2.24, 2.45) is 11.8 Å². The molecule has 2 aliphatic rings. The second-order valence-electron chi connectivity index (χ2n) is 6.35. The van der Waals surface area contributed by atoms with Crippen LogP contribution in [0.1, 0.15) is 39.5 Å². The number of carbonyl (C=O) groups excluding carboxylic acids is 1. The largest absolute Gasteiger partial charge is 0.371 e. The molecule has 0 aromatic heterocycles. The van der Waals surface area contributed by atoms with E-state index in [-0.39, 0.29) is 12.5 Å². The summed E-state index contributed by atoms with van der Waals surface area (Å²) in [5.41, 5.74) is 0. The maximum atomic E-state index is 11.6. The average Bonchev–Trinajstić information content (AvgIpc) is 3.20. The molecule has 1 N–H and O–H groups in total. The van der Waals surface area contributed by atoms with Crippen LogP contribution in [0.5, 0.6) is 0 Å². The van der Waals surface area contributed by atoms with E-state index in [1.54, 1.807) is 0 Å². The molecule has 1 heterocycles. The zero-order valence-corrected chi connectivity index (χ0v) is 12.4. The van der Waals surface area contributed by atoms with E-state index in [1.165, 1.54) is 32.2 Å². The van der Waals surface area contributed by atoms with Crippen molar-refractivity contribution in [3.63, 3.8) is 0 Å². The van der Waals surface area contributed by atoms with Gasteiger partial charge >= 0.3 is 0 Å². The first-order chi connectivity index (χ1) is 9.15. The van der Waals surface area contributed by atoms with Gasteiger partial charge < -0.3 is 10.1 Å². The van der Waals surface area contributed by atoms with Crippen molar-refractivity contribution in [1.29, 1.82) is 0 Å². The lowest BCUT2D eigenvalue weighted by atomic mass is 9.99. The number of amides is 1. The first-order valence-electron chi connectivity index (χ1n) is 7.73. The van der Waals surface area contributed by atoms with Crippen molar-refractivity contribution in [2.75, 3.05) is 32.8 Å². The fourth-order valence-corrected chi connectivity index (χ4v) is 2.67. The van der Waals surface area contributed by atoms with Crippen LogP contribution in [-0.2, 0) is 9.53 Å². The van der Waals surface area contributed by atoms with Crippen molar-refractivity contribution in [2.45, 2.75) is 45.6 Å². The molecule has 19 heavy (non-hydrogen) atoms. The quantitative estimate of drug-likeness (QED) is 0.763. The second kappa shape index (κ2) is 7.25. The summed E-state index contributed by atoms with van der Waals surface area (Å²) in [6, 6.07) is 0.426. The van der Waals surface area contributed by atoms with E-state index in [4.69, 9.17) is 4.74 Å². The minimum Gasteiger partial charge on any atom is -0.371 e. The van der Waals surface area contributed by atoms with Crippen LogP contribution in [0.2, 0.25) is 0 Å². The van der Waals surface area contributed by atoms with Crippen molar-refractivity contribution in [3.8, 4) is 0 Å². The Hall–Kier alpha value is -0.610. The van der Waals surface area contributed by atoms with Gasteiger partial charge in [0.05, 0.1) is 6.61 Å². The third kappa shape index (κ3) is 5.49. The number of carbonyl (C=O) groups is 1. The summed E-state index contributed by atoms with van der Waals surface area (Å²) >= 11 is 0. The maximum Gasteiger partial charge on any atom is 0.246 e. The number of nitrogens with one attached hydrogen (secondary N) is 1. The van der Waals surface area contributed by atoms with Crippen molar-refractivity contribution in [3.05, 3.63) is 0 Å². The van der Waals surface area contributed by atoms with Gasteiger partial charge in [-0.2, -0.15) is 0 Å². The molecule has 0 spiro atoms. The smallest absolute Gasteiger partial charge is 0.246 e. The summed E-state index contributed by atoms with van der Waals surface area (Å²) in [7, 11) is 0. The topological polar surface area (TPSA) is 41.6 Å². The Morgan fingerprint density at radius 2 is 2.21 bits per heavy atom. The summed E-state index contributed by atoms with van der Waals surface area (Å²) in [5.74, 6) is 1.54. The molecule has 2 rings (SSSR count). The number of nitrogens with zero attached hydrogens (tertiary/aromatic N) is 1. The standard InChI is InChI=1S/C15H28N2O2/c1-12-4-3-7-17(9-12)13(2)8-16-15(18)11-19-10-14-5-6-14/h12-14H,3-11H2,1-2H3,(H,16,18)/t12-,13+/m1/s1. The Morgan fingerprint density at radius 1 is 1.42 bits per heavy atom. The van der Waals surface area contributed by atoms with Crippen LogP contribution in [-0.4, -0.2) is 49.7 Å². The molecule has 0 aromatic rings. The SMILES string of the molecule is C[C@@H]1CCCN([C@@H](C)CNC(=O)COCC2CC2)C1. The highest BCUT2D eigenvalue weighted by atomic mass is 16.5. The van der Waals surface area contributed by atoms with Gasteiger partial charge in [0.1, 0.15) is 6.61 Å². The molecule has 0 unspecified atom stereocenters. The van der Waals surface area contributed by atoms with Gasteiger partial charge in [-0.1, -0.05) is 6.92 Å². The molecule has 1 saturated carbocycles. The molecule has 4 heteroatoms. The fourth-order valence-electron chi connectivity index (χ4n) is 2.67. The Morgan fingerprint density at radius 3 is 2.89 bits per heavy atom. The minimum atomic E-state index is 0.0255. The summed E-state index contributed by atoms with van der Waals surface area (Å²) in [6.45, 7) is 8.55. The van der Waals surface area contributed by atoms with Crippen molar-refractivity contribution < 1.29 is 9.53 Å². The zero-order chi connectivity index (χ0) is 13.7. The van der Waals surface area contributed by atoms with Crippen LogP contribution >= 0.6 is 0 Å². The van der Waals surface area contributed by atoms with Crippen LogP contribution in [0, 0.1) is 11.8 Å². The Labute approximate surface area is 116 Å². The normalized spacial score (nSPS) is 26.1. The van der Waals surface area contributed by atoms with E-state index in [0.29, 0.717) is 6.04 Å². The van der Waals surface area contributed by atoms with Crippen LogP contribution < -0.4 is 5.32 Å². The van der Waals surface area contributed by atoms with Crippen LogP contribution in [0.3, 0.4) is 0 Å². The Balaban J connectivity index is 1.56. The number of hydrogen-bond acceptors (Lipinski definition) is 3. The van der Waals surface area contributed by atoms with Gasteiger partial charge in [-0.15, -0.1) is 0 Å². The minimum absolute atomic E-state index is 0.0255. The molecular formula is C15H28N2O2. The van der Waals surface area contributed by atoms with Gasteiger partial charge in [0.25, 0.3) is 0 Å². The number of ether oxygens (including phenoxy) is 1. The molecule has 1 saturated heterocycles. The zero-order valence-electron chi connectivity index (χ0n) is 12.4. The van der Waals surface area contributed by atoms with E-state index in [2.05, 4.69) is 24.1 Å². The number of hydrogen-bond donors (Lipinski definition) is 1. The van der Waals surface area contributed by atoms with Gasteiger partial charge in [-0.05, 0) is 51.0 Å².